The molecule has 4 nitrogen and oxygen atoms in total. The van der Waals surface area contributed by atoms with E-state index in [9.17, 15) is 13.5 Å². The van der Waals surface area contributed by atoms with Crippen LogP contribution in [0.25, 0.3) is 0 Å². The van der Waals surface area contributed by atoms with Crippen LogP contribution in [0.15, 0.2) is 29.2 Å². The van der Waals surface area contributed by atoms with Crippen molar-refractivity contribution in [2.24, 2.45) is 5.92 Å². The van der Waals surface area contributed by atoms with Crippen LogP contribution in [-0.4, -0.2) is 37.5 Å². The molecule has 0 spiro atoms. The Morgan fingerprint density at radius 3 is 2.29 bits per heavy atom. The van der Waals surface area contributed by atoms with Gasteiger partial charge in [0, 0.05) is 19.7 Å². The summed E-state index contributed by atoms with van der Waals surface area (Å²) >= 11 is 0. The summed E-state index contributed by atoms with van der Waals surface area (Å²) in [5.74, 6) is 0.231. The number of aliphatic hydroxyl groups excluding tert-OH is 1. The van der Waals surface area contributed by atoms with Crippen molar-refractivity contribution in [1.29, 1.82) is 0 Å². The summed E-state index contributed by atoms with van der Waals surface area (Å²) < 4.78 is 27.4. The highest BCUT2D eigenvalue weighted by molar-refractivity contribution is 7.89. The highest BCUT2D eigenvalue weighted by Crippen LogP contribution is 2.32. The molecule has 0 atom stereocenters. The molecule has 1 saturated heterocycles. The molecule has 0 unspecified atom stereocenters. The fraction of sp³-hybridized carbons (Fsp3) is 0.625. The third-order valence-electron chi connectivity index (χ3n) is 4.14. The summed E-state index contributed by atoms with van der Waals surface area (Å²) in [5, 5.41) is 9.18. The van der Waals surface area contributed by atoms with Gasteiger partial charge in [-0.3, -0.25) is 0 Å². The Morgan fingerprint density at radius 1 is 1.19 bits per heavy atom. The van der Waals surface area contributed by atoms with Gasteiger partial charge in [0.25, 0.3) is 0 Å². The molecule has 1 aliphatic heterocycles. The van der Waals surface area contributed by atoms with E-state index in [0.717, 1.165) is 18.4 Å². The van der Waals surface area contributed by atoms with Gasteiger partial charge in [-0.1, -0.05) is 39.0 Å². The average molecular weight is 311 g/mol. The number of sulfonamides is 1. The first-order valence-electron chi connectivity index (χ1n) is 7.47. The summed E-state index contributed by atoms with van der Waals surface area (Å²) in [7, 11) is -3.46. The molecule has 2 rings (SSSR count). The molecule has 1 aromatic rings. The Hall–Kier alpha value is -0.910. The molecule has 21 heavy (non-hydrogen) atoms. The highest BCUT2D eigenvalue weighted by Gasteiger charge is 2.32. The maximum Gasteiger partial charge on any atom is 0.243 e. The maximum absolute atomic E-state index is 12.9. The van der Waals surface area contributed by atoms with Crippen LogP contribution in [0.1, 0.15) is 39.2 Å². The van der Waals surface area contributed by atoms with Crippen LogP contribution in [0.5, 0.6) is 0 Å². The number of hydrogen-bond donors (Lipinski definition) is 1. The van der Waals surface area contributed by atoms with Crippen molar-refractivity contribution in [3.05, 3.63) is 29.8 Å². The van der Waals surface area contributed by atoms with Crippen molar-refractivity contribution in [1.82, 2.24) is 4.31 Å². The van der Waals surface area contributed by atoms with E-state index in [1.165, 1.54) is 0 Å². The smallest absolute Gasteiger partial charge is 0.243 e. The van der Waals surface area contributed by atoms with Crippen LogP contribution in [-0.2, 0) is 15.4 Å². The first-order chi connectivity index (χ1) is 9.76. The largest absolute Gasteiger partial charge is 0.396 e. The summed E-state index contributed by atoms with van der Waals surface area (Å²) in [4.78, 5) is 0.417. The zero-order chi connectivity index (χ0) is 15.7. The van der Waals surface area contributed by atoms with E-state index in [4.69, 9.17) is 0 Å². The van der Waals surface area contributed by atoms with E-state index in [1.54, 1.807) is 16.4 Å². The molecule has 0 aromatic heterocycles. The number of hydrogen-bond acceptors (Lipinski definition) is 3. The normalized spacial score (nSPS) is 18.9. The van der Waals surface area contributed by atoms with Gasteiger partial charge >= 0.3 is 0 Å². The second kappa shape index (κ2) is 6.07. The zero-order valence-corrected chi connectivity index (χ0v) is 13.9. The summed E-state index contributed by atoms with van der Waals surface area (Å²) in [6, 6.07) is 7.27. The van der Waals surface area contributed by atoms with Crippen molar-refractivity contribution in [3.63, 3.8) is 0 Å². The predicted molar refractivity (Wildman–Crippen MR) is 83.7 cm³/mol. The van der Waals surface area contributed by atoms with Crippen LogP contribution >= 0.6 is 0 Å². The van der Waals surface area contributed by atoms with Gasteiger partial charge in [0.2, 0.25) is 10.0 Å². The Labute approximate surface area is 127 Å². The number of piperidine rings is 1. The minimum absolute atomic E-state index is 0.145. The SMILES string of the molecule is CC(C)(C)c1ccccc1S(=O)(=O)N1CCC(CO)CC1. The molecule has 5 heteroatoms. The Kier molecular flexibility index (Phi) is 4.76. The first kappa shape index (κ1) is 16.5. The lowest BCUT2D eigenvalue weighted by molar-refractivity contribution is 0.170. The number of nitrogens with zero attached hydrogens (tertiary/aromatic N) is 1. The zero-order valence-electron chi connectivity index (χ0n) is 13.0. The molecule has 1 aromatic carbocycles. The van der Waals surface area contributed by atoms with Gasteiger partial charge in [-0.2, -0.15) is 4.31 Å². The molecule has 1 heterocycles. The fourth-order valence-corrected chi connectivity index (χ4v) is 4.65. The molecular formula is C16H25NO3S. The lowest BCUT2D eigenvalue weighted by atomic mass is 9.87. The van der Waals surface area contributed by atoms with Gasteiger partial charge in [0.05, 0.1) is 4.90 Å². The van der Waals surface area contributed by atoms with Crippen LogP contribution in [0.2, 0.25) is 0 Å². The second-order valence-electron chi connectivity index (χ2n) is 6.78. The molecule has 0 radical (unpaired) electrons. The van der Waals surface area contributed by atoms with Gasteiger partial charge in [-0.25, -0.2) is 8.42 Å². The van der Waals surface area contributed by atoms with E-state index in [2.05, 4.69) is 0 Å². The molecule has 1 N–H and O–H groups in total. The molecule has 1 aliphatic rings. The van der Waals surface area contributed by atoms with E-state index >= 15 is 0 Å². The monoisotopic (exact) mass is 311 g/mol. The van der Waals surface area contributed by atoms with E-state index < -0.39 is 10.0 Å². The molecule has 0 aliphatic carbocycles. The van der Waals surface area contributed by atoms with Crippen molar-refractivity contribution in [2.75, 3.05) is 19.7 Å². The van der Waals surface area contributed by atoms with Gasteiger partial charge in [-0.15, -0.1) is 0 Å². The highest BCUT2D eigenvalue weighted by atomic mass is 32.2. The van der Waals surface area contributed by atoms with Crippen LogP contribution in [0.3, 0.4) is 0 Å². The van der Waals surface area contributed by atoms with Crippen molar-refractivity contribution < 1.29 is 13.5 Å². The van der Waals surface area contributed by atoms with E-state index in [0.29, 0.717) is 18.0 Å². The quantitative estimate of drug-likeness (QED) is 0.932. The standard InChI is InChI=1S/C16H25NO3S/c1-16(2,3)14-6-4-5-7-15(14)21(19,20)17-10-8-13(12-18)9-11-17/h4-7,13,18H,8-12H2,1-3H3. The molecular weight excluding hydrogens is 286 g/mol. The van der Waals surface area contributed by atoms with Crippen LogP contribution < -0.4 is 0 Å². The predicted octanol–water partition coefficient (Wildman–Crippen LogP) is 2.38. The molecule has 0 saturated carbocycles. The average Bonchev–Trinajstić information content (AvgIpc) is 2.46. The minimum atomic E-state index is -3.46. The van der Waals surface area contributed by atoms with Crippen molar-refractivity contribution in [2.45, 2.75) is 43.9 Å². The number of benzene rings is 1. The third kappa shape index (κ3) is 3.47. The second-order valence-corrected chi connectivity index (χ2v) is 8.68. The van der Waals surface area contributed by atoms with Gasteiger partial charge in [0.15, 0.2) is 0 Å². The third-order valence-corrected chi connectivity index (χ3v) is 6.10. The van der Waals surface area contributed by atoms with Crippen molar-refractivity contribution >= 4 is 10.0 Å². The first-order valence-corrected chi connectivity index (χ1v) is 8.91. The number of aliphatic hydroxyl groups is 1. The fourth-order valence-electron chi connectivity index (χ4n) is 2.78. The summed E-state index contributed by atoms with van der Waals surface area (Å²) in [5.41, 5.74) is 0.641. The molecule has 1 fully saturated rings. The van der Waals surface area contributed by atoms with Gasteiger partial charge < -0.3 is 5.11 Å². The Bertz CT molecular complexity index is 582. The van der Waals surface area contributed by atoms with E-state index in [1.807, 2.05) is 32.9 Å². The van der Waals surface area contributed by atoms with Crippen LogP contribution in [0, 0.1) is 5.92 Å². The Balaban J connectivity index is 2.33. The maximum atomic E-state index is 12.9. The summed E-state index contributed by atoms with van der Waals surface area (Å²) in [6.45, 7) is 7.21. The Morgan fingerprint density at radius 2 is 1.76 bits per heavy atom. The molecule has 0 amide bonds. The topological polar surface area (TPSA) is 57.6 Å². The minimum Gasteiger partial charge on any atom is -0.396 e. The lowest BCUT2D eigenvalue weighted by Gasteiger charge is -2.32. The lowest BCUT2D eigenvalue weighted by Crippen LogP contribution is -2.40. The van der Waals surface area contributed by atoms with Crippen LogP contribution in [0.4, 0.5) is 0 Å². The molecule has 118 valence electrons. The molecule has 0 bridgehead atoms. The van der Waals surface area contributed by atoms with Gasteiger partial charge in [0.1, 0.15) is 0 Å². The van der Waals surface area contributed by atoms with Gasteiger partial charge in [-0.05, 0) is 35.8 Å². The van der Waals surface area contributed by atoms with Crippen molar-refractivity contribution in [3.8, 4) is 0 Å². The summed E-state index contributed by atoms with van der Waals surface area (Å²) in [6.07, 6.45) is 1.46. The number of rotatable bonds is 3. The van der Waals surface area contributed by atoms with E-state index in [-0.39, 0.29) is 17.9 Å².